The van der Waals surface area contributed by atoms with E-state index < -0.39 is 5.97 Å². The zero-order valence-corrected chi connectivity index (χ0v) is 10.5. The molecule has 1 heterocycles. The summed E-state index contributed by atoms with van der Waals surface area (Å²) in [6, 6.07) is 10.1. The third kappa shape index (κ3) is 3.03. The van der Waals surface area contributed by atoms with Gasteiger partial charge >= 0.3 is 5.97 Å². The molecule has 90 valence electrons. The zero-order valence-electron chi connectivity index (χ0n) is 9.64. The summed E-state index contributed by atoms with van der Waals surface area (Å²) in [5.74, 6) is -0.736. The van der Waals surface area contributed by atoms with Gasteiger partial charge in [-0.1, -0.05) is 25.1 Å². The van der Waals surface area contributed by atoms with E-state index in [0.29, 0.717) is 0 Å². The van der Waals surface area contributed by atoms with Gasteiger partial charge in [-0.05, 0) is 18.6 Å². The highest BCUT2D eigenvalue weighted by Gasteiger charge is 2.13. The summed E-state index contributed by atoms with van der Waals surface area (Å²) < 4.78 is 0. The van der Waals surface area contributed by atoms with Crippen LogP contribution in [0.1, 0.15) is 19.8 Å². The number of nitrogens with one attached hydrogen (secondary N) is 1. The normalized spacial score (nSPS) is 12.8. The molecule has 17 heavy (non-hydrogen) atoms. The second-order valence-corrected chi connectivity index (χ2v) is 5.31. The summed E-state index contributed by atoms with van der Waals surface area (Å²) in [5.41, 5.74) is 1.10. The Morgan fingerprint density at radius 2 is 2.24 bits per heavy atom. The van der Waals surface area contributed by atoms with E-state index in [0.717, 1.165) is 17.0 Å². The highest BCUT2D eigenvalue weighted by Crippen LogP contribution is 2.29. The molecule has 2 N–H and O–H groups in total. The lowest BCUT2D eigenvalue weighted by atomic mass is 10.2. The van der Waals surface area contributed by atoms with Crippen molar-refractivity contribution in [1.29, 1.82) is 0 Å². The Morgan fingerprint density at radius 3 is 2.88 bits per heavy atom. The van der Waals surface area contributed by atoms with Crippen molar-refractivity contribution < 1.29 is 9.90 Å². The summed E-state index contributed by atoms with van der Waals surface area (Å²) in [7, 11) is 0. The summed E-state index contributed by atoms with van der Waals surface area (Å²) in [6.45, 7) is 2.02. The number of para-hydroxylation sites is 1. The van der Waals surface area contributed by atoms with Crippen molar-refractivity contribution in [3.8, 4) is 0 Å². The molecule has 0 radical (unpaired) electrons. The van der Waals surface area contributed by atoms with Crippen molar-refractivity contribution in [2.45, 2.75) is 30.0 Å². The standard InChI is InChI=1S/C13H15NO2S/c1-2-10(8-13(15)16)17-12-7-9-5-3-4-6-11(9)14-12/h3-7,10,14H,2,8H2,1H3,(H,15,16). The Balaban J connectivity index is 2.14. The van der Waals surface area contributed by atoms with E-state index in [1.54, 1.807) is 11.8 Å². The Bertz CT molecular complexity index is 488. The average Bonchev–Trinajstić information content (AvgIpc) is 2.69. The monoisotopic (exact) mass is 249 g/mol. The summed E-state index contributed by atoms with van der Waals surface area (Å²) in [5, 5.41) is 11.1. The van der Waals surface area contributed by atoms with Crippen LogP contribution in [-0.4, -0.2) is 21.3 Å². The molecule has 2 aromatic rings. The van der Waals surface area contributed by atoms with Crippen LogP contribution < -0.4 is 0 Å². The Morgan fingerprint density at radius 1 is 1.47 bits per heavy atom. The van der Waals surface area contributed by atoms with E-state index in [2.05, 4.69) is 11.1 Å². The fraction of sp³-hybridized carbons (Fsp3) is 0.308. The van der Waals surface area contributed by atoms with Gasteiger partial charge in [0.05, 0.1) is 11.4 Å². The van der Waals surface area contributed by atoms with E-state index in [9.17, 15) is 4.79 Å². The van der Waals surface area contributed by atoms with Crippen LogP contribution >= 0.6 is 11.8 Å². The van der Waals surface area contributed by atoms with Gasteiger partial charge in [0.2, 0.25) is 0 Å². The van der Waals surface area contributed by atoms with Crippen LogP contribution in [0.25, 0.3) is 10.9 Å². The minimum Gasteiger partial charge on any atom is -0.481 e. The second kappa shape index (κ2) is 5.27. The average molecular weight is 249 g/mol. The van der Waals surface area contributed by atoms with Crippen LogP contribution in [0.5, 0.6) is 0 Å². The van der Waals surface area contributed by atoms with Gasteiger partial charge in [-0.15, -0.1) is 11.8 Å². The van der Waals surface area contributed by atoms with Gasteiger partial charge in [-0.2, -0.15) is 0 Å². The lowest BCUT2D eigenvalue weighted by molar-refractivity contribution is -0.136. The van der Waals surface area contributed by atoms with Crippen molar-refractivity contribution in [3.63, 3.8) is 0 Å². The number of fused-ring (bicyclic) bond motifs is 1. The SMILES string of the molecule is CCC(CC(=O)O)Sc1cc2ccccc2[nH]1. The van der Waals surface area contributed by atoms with Crippen LogP contribution in [0.15, 0.2) is 35.4 Å². The first-order chi connectivity index (χ1) is 8.19. The molecule has 0 bridgehead atoms. The molecule has 0 aliphatic carbocycles. The number of H-pyrrole nitrogens is 1. The summed E-state index contributed by atoms with van der Waals surface area (Å²) in [6.07, 6.45) is 1.06. The predicted molar refractivity (Wildman–Crippen MR) is 70.5 cm³/mol. The van der Waals surface area contributed by atoms with E-state index in [4.69, 9.17) is 5.11 Å². The third-order valence-corrected chi connectivity index (χ3v) is 3.96. The molecule has 0 fully saturated rings. The van der Waals surface area contributed by atoms with Gasteiger partial charge < -0.3 is 10.1 Å². The molecule has 3 nitrogen and oxygen atoms in total. The molecule has 0 amide bonds. The van der Waals surface area contributed by atoms with Gasteiger partial charge in [0.25, 0.3) is 0 Å². The van der Waals surface area contributed by atoms with E-state index >= 15 is 0 Å². The lowest BCUT2D eigenvalue weighted by Crippen LogP contribution is -2.08. The van der Waals surface area contributed by atoms with Crippen molar-refractivity contribution in [1.82, 2.24) is 4.98 Å². The predicted octanol–water partition coefficient (Wildman–Crippen LogP) is 3.51. The molecule has 1 unspecified atom stereocenters. The number of rotatable bonds is 5. The summed E-state index contributed by atoms with van der Waals surface area (Å²) >= 11 is 1.61. The Hall–Kier alpha value is -1.42. The van der Waals surface area contributed by atoms with E-state index in [-0.39, 0.29) is 11.7 Å². The van der Waals surface area contributed by atoms with E-state index in [1.165, 1.54) is 5.39 Å². The quantitative estimate of drug-likeness (QED) is 0.797. The van der Waals surface area contributed by atoms with Crippen LogP contribution in [0.3, 0.4) is 0 Å². The maximum Gasteiger partial charge on any atom is 0.304 e. The molecule has 0 spiro atoms. The first-order valence-electron chi connectivity index (χ1n) is 5.65. The molecule has 2 rings (SSSR count). The number of aliphatic carboxylic acids is 1. The van der Waals surface area contributed by atoms with Gasteiger partial charge in [-0.3, -0.25) is 4.79 Å². The van der Waals surface area contributed by atoms with Crippen LogP contribution in [-0.2, 0) is 4.79 Å². The largest absolute Gasteiger partial charge is 0.481 e. The molecule has 1 atom stereocenters. The first-order valence-corrected chi connectivity index (χ1v) is 6.53. The molecule has 1 aromatic heterocycles. The molecule has 1 aromatic carbocycles. The maximum atomic E-state index is 10.7. The maximum absolute atomic E-state index is 10.7. The summed E-state index contributed by atoms with van der Waals surface area (Å²) in [4.78, 5) is 14.0. The van der Waals surface area contributed by atoms with E-state index in [1.807, 2.05) is 31.2 Å². The molecule has 0 aliphatic heterocycles. The highest BCUT2D eigenvalue weighted by molar-refractivity contribution is 7.99. The number of benzene rings is 1. The minimum atomic E-state index is -0.736. The van der Waals surface area contributed by atoms with Crippen LogP contribution in [0.4, 0.5) is 0 Å². The first kappa shape index (κ1) is 12.0. The third-order valence-electron chi connectivity index (χ3n) is 2.66. The van der Waals surface area contributed by atoms with Gasteiger partial charge in [0, 0.05) is 16.2 Å². The van der Waals surface area contributed by atoms with Gasteiger partial charge in [0.15, 0.2) is 0 Å². The molecule has 0 saturated heterocycles. The van der Waals surface area contributed by atoms with Crippen LogP contribution in [0, 0.1) is 0 Å². The Labute approximate surface area is 104 Å². The van der Waals surface area contributed by atoms with Gasteiger partial charge in [0.1, 0.15) is 0 Å². The highest BCUT2D eigenvalue weighted by atomic mass is 32.2. The number of aromatic amines is 1. The molecular formula is C13H15NO2S. The number of thioether (sulfide) groups is 1. The smallest absolute Gasteiger partial charge is 0.304 e. The fourth-order valence-electron chi connectivity index (χ4n) is 1.75. The molecule has 4 heteroatoms. The molecular weight excluding hydrogens is 234 g/mol. The van der Waals surface area contributed by atoms with Crippen molar-refractivity contribution >= 4 is 28.6 Å². The van der Waals surface area contributed by atoms with Crippen molar-refractivity contribution in [2.24, 2.45) is 0 Å². The lowest BCUT2D eigenvalue weighted by Gasteiger charge is -2.09. The van der Waals surface area contributed by atoms with Gasteiger partial charge in [-0.25, -0.2) is 0 Å². The zero-order chi connectivity index (χ0) is 12.3. The number of carboxylic acid groups (broad SMARTS) is 1. The molecule has 0 aliphatic rings. The number of carboxylic acids is 1. The van der Waals surface area contributed by atoms with Crippen LogP contribution in [0.2, 0.25) is 0 Å². The molecule has 0 saturated carbocycles. The Kier molecular flexibility index (Phi) is 3.74. The number of aromatic nitrogens is 1. The number of hydrogen-bond donors (Lipinski definition) is 2. The number of hydrogen-bond acceptors (Lipinski definition) is 2. The van der Waals surface area contributed by atoms with Crippen molar-refractivity contribution in [3.05, 3.63) is 30.3 Å². The van der Waals surface area contributed by atoms with Crippen molar-refractivity contribution in [2.75, 3.05) is 0 Å². The second-order valence-electron chi connectivity index (χ2n) is 3.97. The topological polar surface area (TPSA) is 53.1 Å². The fourth-order valence-corrected chi connectivity index (χ4v) is 2.87. The minimum absolute atomic E-state index is 0.126. The number of carbonyl (C=O) groups is 1.